The van der Waals surface area contributed by atoms with Gasteiger partial charge >= 0.3 is 12.6 Å². The second-order valence-electron chi connectivity index (χ2n) is 4.86. The number of carboxylic acids is 1. The van der Waals surface area contributed by atoms with Crippen molar-refractivity contribution in [3.8, 4) is 5.75 Å². The van der Waals surface area contributed by atoms with Crippen molar-refractivity contribution in [2.75, 3.05) is 0 Å². The first-order valence-corrected chi connectivity index (χ1v) is 6.93. The van der Waals surface area contributed by atoms with Gasteiger partial charge in [0.15, 0.2) is 0 Å². The molecule has 0 spiro atoms. The summed E-state index contributed by atoms with van der Waals surface area (Å²) in [6.07, 6.45) is 0. The lowest BCUT2D eigenvalue weighted by molar-refractivity contribution is -0.0499. The third kappa shape index (κ3) is 4.48. The Morgan fingerprint density at radius 1 is 1.17 bits per heavy atom. The number of benzene rings is 1. The third-order valence-corrected chi connectivity index (χ3v) is 3.13. The van der Waals surface area contributed by atoms with E-state index in [1.807, 2.05) is 0 Å². The Morgan fingerprint density at radius 3 is 2.50 bits per heavy atom. The lowest BCUT2D eigenvalue weighted by atomic mass is 10.1. The van der Waals surface area contributed by atoms with Crippen LogP contribution in [0, 0.1) is 0 Å². The number of nitrogens with one attached hydrogen (secondary N) is 1. The van der Waals surface area contributed by atoms with Crippen LogP contribution in [0.3, 0.4) is 0 Å². The number of nitrogens with zero attached hydrogens (tertiary/aromatic N) is 1. The van der Waals surface area contributed by atoms with Gasteiger partial charge in [-0.3, -0.25) is 4.79 Å². The number of hydrogen-bond acceptors (Lipinski definition) is 4. The number of amides is 1. The maximum Gasteiger partial charge on any atom is 0.387 e. The Kier molecular flexibility index (Phi) is 5.41. The smallest absolute Gasteiger partial charge is 0.387 e. The van der Waals surface area contributed by atoms with Crippen LogP contribution >= 0.6 is 0 Å². The van der Waals surface area contributed by atoms with Gasteiger partial charge in [0.05, 0.1) is 6.04 Å². The van der Waals surface area contributed by atoms with E-state index in [0.717, 1.165) is 0 Å². The van der Waals surface area contributed by atoms with Crippen molar-refractivity contribution in [3.63, 3.8) is 0 Å². The normalized spacial score (nSPS) is 11.8. The van der Waals surface area contributed by atoms with Crippen molar-refractivity contribution in [3.05, 3.63) is 59.4 Å². The molecule has 0 aliphatic carbocycles. The standard InChI is InChI=1S/C16H14F2N2O4/c1-9(10-4-2-5-11(8-10)24-16(17)18)19-14(21)12-6-3-7-13(20-12)15(22)23/h2-9,16H,1H3,(H,19,21)(H,22,23). The number of hydrogen-bond donors (Lipinski definition) is 2. The molecule has 0 saturated heterocycles. The second-order valence-corrected chi connectivity index (χ2v) is 4.86. The van der Waals surface area contributed by atoms with Crippen molar-refractivity contribution < 1.29 is 28.2 Å². The fourth-order valence-corrected chi connectivity index (χ4v) is 1.99. The molecule has 2 rings (SSSR count). The molecule has 0 aliphatic rings. The van der Waals surface area contributed by atoms with Gasteiger partial charge in [-0.25, -0.2) is 9.78 Å². The van der Waals surface area contributed by atoms with Crippen LogP contribution in [-0.2, 0) is 0 Å². The highest BCUT2D eigenvalue weighted by atomic mass is 19.3. The van der Waals surface area contributed by atoms with Crippen LogP contribution in [0.5, 0.6) is 5.75 Å². The predicted octanol–water partition coefficient (Wildman–Crippen LogP) is 2.87. The molecule has 0 bridgehead atoms. The van der Waals surface area contributed by atoms with Crippen LogP contribution in [0.15, 0.2) is 42.5 Å². The molecular formula is C16H14F2N2O4. The summed E-state index contributed by atoms with van der Waals surface area (Å²) < 4.78 is 28.8. The maximum absolute atomic E-state index is 12.2. The van der Waals surface area contributed by atoms with E-state index in [-0.39, 0.29) is 17.1 Å². The molecule has 6 nitrogen and oxygen atoms in total. The van der Waals surface area contributed by atoms with E-state index in [2.05, 4.69) is 15.0 Å². The Hall–Kier alpha value is -3.03. The SMILES string of the molecule is CC(NC(=O)c1cccc(C(=O)O)n1)c1cccc(OC(F)F)c1. The van der Waals surface area contributed by atoms with Gasteiger partial charge in [-0.2, -0.15) is 8.78 Å². The summed E-state index contributed by atoms with van der Waals surface area (Å²) in [6.45, 7) is -1.28. The molecule has 2 aromatic rings. The van der Waals surface area contributed by atoms with E-state index >= 15 is 0 Å². The lowest BCUT2D eigenvalue weighted by Crippen LogP contribution is -2.27. The summed E-state index contributed by atoms with van der Waals surface area (Å²) in [5.41, 5.74) is 0.250. The van der Waals surface area contributed by atoms with E-state index in [9.17, 15) is 18.4 Å². The summed E-state index contributed by atoms with van der Waals surface area (Å²) in [5.74, 6) is -1.84. The fraction of sp³-hybridized carbons (Fsp3) is 0.188. The highest BCUT2D eigenvalue weighted by molar-refractivity contribution is 5.94. The Labute approximate surface area is 136 Å². The van der Waals surface area contributed by atoms with Gasteiger partial charge in [-0.1, -0.05) is 18.2 Å². The minimum atomic E-state index is -2.94. The van der Waals surface area contributed by atoms with Crippen molar-refractivity contribution in [1.82, 2.24) is 10.3 Å². The number of carboxylic acid groups (broad SMARTS) is 1. The molecule has 1 aromatic heterocycles. The van der Waals surface area contributed by atoms with Crippen LogP contribution in [-0.4, -0.2) is 28.6 Å². The third-order valence-electron chi connectivity index (χ3n) is 3.13. The van der Waals surface area contributed by atoms with E-state index in [0.29, 0.717) is 5.56 Å². The zero-order valence-corrected chi connectivity index (χ0v) is 12.6. The molecule has 126 valence electrons. The number of carbonyl (C=O) groups is 2. The highest BCUT2D eigenvalue weighted by Gasteiger charge is 2.15. The molecule has 1 aromatic carbocycles. The molecule has 1 amide bonds. The first kappa shape index (κ1) is 17.3. The molecule has 2 N–H and O–H groups in total. The topological polar surface area (TPSA) is 88.5 Å². The van der Waals surface area contributed by atoms with Crippen LogP contribution in [0.2, 0.25) is 0 Å². The summed E-state index contributed by atoms with van der Waals surface area (Å²) in [6, 6.07) is 9.48. The molecule has 0 fully saturated rings. The lowest BCUT2D eigenvalue weighted by Gasteiger charge is -2.15. The van der Waals surface area contributed by atoms with Crippen LogP contribution in [0.4, 0.5) is 8.78 Å². The molecule has 0 saturated carbocycles. The summed E-state index contributed by atoms with van der Waals surface area (Å²) in [7, 11) is 0. The molecule has 24 heavy (non-hydrogen) atoms. The molecule has 1 unspecified atom stereocenters. The van der Waals surface area contributed by atoms with Crippen molar-refractivity contribution in [2.45, 2.75) is 19.6 Å². The van der Waals surface area contributed by atoms with Gasteiger partial charge in [0.2, 0.25) is 0 Å². The first-order valence-electron chi connectivity index (χ1n) is 6.93. The molecular weight excluding hydrogens is 322 g/mol. The minimum absolute atomic E-state index is 0.0189. The Balaban J connectivity index is 2.11. The number of carbonyl (C=O) groups excluding carboxylic acids is 1. The number of ether oxygens (including phenoxy) is 1. The molecule has 0 aliphatic heterocycles. The maximum atomic E-state index is 12.2. The van der Waals surface area contributed by atoms with Crippen LogP contribution < -0.4 is 10.1 Å². The summed E-state index contributed by atoms with van der Waals surface area (Å²) in [4.78, 5) is 26.8. The van der Waals surface area contributed by atoms with Crippen molar-refractivity contribution in [1.29, 1.82) is 0 Å². The fourth-order valence-electron chi connectivity index (χ4n) is 1.99. The zero-order chi connectivity index (χ0) is 17.7. The van der Waals surface area contributed by atoms with Gasteiger partial charge in [0.1, 0.15) is 17.1 Å². The molecule has 0 radical (unpaired) electrons. The average molecular weight is 336 g/mol. The number of rotatable bonds is 6. The van der Waals surface area contributed by atoms with E-state index < -0.39 is 24.5 Å². The largest absolute Gasteiger partial charge is 0.477 e. The average Bonchev–Trinajstić information content (AvgIpc) is 2.54. The monoisotopic (exact) mass is 336 g/mol. The second kappa shape index (κ2) is 7.49. The molecule has 8 heteroatoms. The summed E-state index contributed by atoms with van der Waals surface area (Å²) >= 11 is 0. The summed E-state index contributed by atoms with van der Waals surface area (Å²) in [5, 5.41) is 11.5. The van der Waals surface area contributed by atoms with E-state index in [1.54, 1.807) is 13.0 Å². The van der Waals surface area contributed by atoms with Gasteiger partial charge < -0.3 is 15.2 Å². The van der Waals surface area contributed by atoms with Gasteiger partial charge in [-0.15, -0.1) is 0 Å². The van der Waals surface area contributed by atoms with Crippen molar-refractivity contribution >= 4 is 11.9 Å². The van der Waals surface area contributed by atoms with Crippen LogP contribution in [0.25, 0.3) is 0 Å². The van der Waals surface area contributed by atoms with Crippen LogP contribution in [0.1, 0.15) is 39.5 Å². The number of alkyl halides is 2. The highest BCUT2D eigenvalue weighted by Crippen LogP contribution is 2.21. The van der Waals surface area contributed by atoms with E-state index in [1.165, 1.54) is 36.4 Å². The number of aromatic carboxylic acids is 1. The molecule has 1 atom stereocenters. The van der Waals surface area contributed by atoms with Crippen molar-refractivity contribution in [2.24, 2.45) is 0 Å². The zero-order valence-electron chi connectivity index (χ0n) is 12.6. The predicted molar refractivity (Wildman–Crippen MR) is 80.2 cm³/mol. The van der Waals surface area contributed by atoms with E-state index in [4.69, 9.17) is 5.11 Å². The molecule has 1 heterocycles. The van der Waals surface area contributed by atoms with Gasteiger partial charge in [0, 0.05) is 0 Å². The minimum Gasteiger partial charge on any atom is -0.477 e. The number of aromatic nitrogens is 1. The quantitative estimate of drug-likeness (QED) is 0.847. The van der Waals surface area contributed by atoms with Gasteiger partial charge in [-0.05, 0) is 36.8 Å². The Morgan fingerprint density at radius 2 is 1.83 bits per heavy atom. The van der Waals surface area contributed by atoms with Gasteiger partial charge in [0.25, 0.3) is 5.91 Å². The Bertz CT molecular complexity index is 752. The first-order chi connectivity index (χ1) is 11.4. The number of halogens is 2. The number of pyridine rings is 1.